The van der Waals surface area contributed by atoms with E-state index < -0.39 is 6.04 Å². The van der Waals surface area contributed by atoms with E-state index >= 15 is 0 Å². The molecular formula is C16H15FN2O3. The highest BCUT2D eigenvalue weighted by Gasteiger charge is 2.16. The summed E-state index contributed by atoms with van der Waals surface area (Å²) in [6.07, 6.45) is 0. The van der Waals surface area contributed by atoms with E-state index in [0.29, 0.717) is 22.9 Å². The van der Waals surface area contributed by atoms with Crippen molar-refractivity contribution in [3.63, 3.8) is 0 Å². The van der Waals surface area contributed by atoms with Gasteiger partial charge in [0.05, 0.1) is 0 Å². The first-order valence-electron chi connectivity index (χ1n) is 6.84. The molecule has 1 heterocycles. The molecule has 2 aromatic rings. The van der Waals surface area contributed by atoms with Crippen molar-refractivity contribution < 1.29 is 18.7 Å². The Bertz CT molecular complexity index is 688. The Morgan fingerprint density at radius 2 is 1.77 bits per heavy atom. The normalized spacial score (nSPS) is 13.5. The second kappa shape index (κ2) is 5.93. The summed E-state index contributed by atoms with van der Waals surface area (Å²) >= 11 is 0. The van der Waals surface area contributed by atoms with E-state index in [2.05, 4.69) is 10.6 Å². The van der Waals surface area contributed by atoms with Gasteiger partial charge < -0.3 is 20.1 Å². The molecule has 1 amide bonds. The van der Waals surface area contributed by atoms with Crippen LogP contribution in [0.15, 0.2) is 42.5 Å². The molecule has 0 spiro atoms. The largest absolute Gasteiger partial charge is 0.454 e. The zero-order valence-corrected chi connectivity index (χ0v) is 11.9. The monoisotopic (exact) mass is 302 g/mol. The molecule has 3 rings (SSSR count). The Hall–Kier alpha value is -2.76. The fourth-order valence-electron chi connectivity index (χ4n) is 2.09. The summed E-state index contributed by atoms with van der Waals surface area (Å²) in [7, 11) is 0. The summed E-state index contributed by atoms with van der Waals surface area (Å²) in [5.74, 6) is 0.749. The molecule has 0 aliphatic carbocycles. The molecular weight excluding hydrogens is 287 g/mol. The molecule has 0 bridgehead atoms. The van der Waals surface area contributed by atoms with Gasteiger partial charge in [-0.1, -0.05) is 0 Å². The van der Waals surface area contributed by atoms with Crippen LogP contribution in [-0.4, -0.2) is 18.7 Å². The summed E-state index contributed by atoms with van der Waals surface area (Å²) in [6, 6.07) is 10.6. The van der Waals surface area contributed by atoms with Crippen LogP contribution in [0, 0.1) is 5.82 Å². The number of ether oxygens (including phenoxy) is 2. The lowest BCUT2D eigenvalue weighted by Crippen LogP contribution is -2.31. The van der Waals surface area contributed by atoms with Crippen molar-refractivity contribution in [3.05, 3.63) is 48.3 Å². The van der Waals surface area contributed by atoms with Crippen LogP contribution in [0.25, 0.3) is 0 Å². The maximum Gasteiger partial charge on any atom is 0.246 e. The minimum absolute atomic E-state index is 0.190. The number of carbonyl (C=O) groups excluding carboxylic acids is 1. The number of fused-ring (bicyclic) bond motifs is 1. The Morgan fingerprint density at radius 1 is 1.09 bits per heavy atom. The van der Waals surface area contributed by atoms with Crippen molar-refractivity contribution in [1.82, 2.24) is 0 Å². The van der Waals surface area contributed by atoms with Crippen molar-refractivity contribution in [2.75, 3.05) is 17.4 Å². The van der Waals surface area contributed by atoms with E-state index in [9.17, 15) is 9.18 Å². The van der Waals surface area contributed by atoms with E-state index in [-0.39, 0.29) is 18.5 Å². The van der Waals surface area contributed by atoms with E-state index in [1.807, 2.05) is 0 Å². The van der Waals surface area contributed by atoms with Gasteiger partial charge in [0.25, 0.3) is 0 Å². The molecule has 1 atom stereocenters. The first kappa shape index (κ1) is 14.2. The predicted octanol–water partition coefficient (Wildman–Crippen LogP) is 2.99. The van der Waals surface area contributed by atoms with Gasteiger partial charge in [-0.05, 0) is 43.3 Å². The summed E-state index contributed by atoms with van der Waals surface area (Å²) in [5.41, 5.74) is 1.30. The number of nitrogens with one attached hydrogen (secondary N) is 2. The van der Waals surface area contributed by atoms with Gasteiger partial charge in [0.1, 0.15) is 11.9 Å². The van der Waals surface area contributed by atoms with Crippen molar-refractivity contribution in [2.24, 2.45) is 0 Å². The Labute approximate surface area is 127 Å². The highest BCUT2D eigenvalue weighted by atomic mass is 19.1. The van der Waals surface area contributed by atoms with E-state index in [1.54, 1.807) is 37.3 Å². The molecule has 2 aromatic carbocycles. The van der Waals surface area contributed by atoms with E-state index in [4.69, 9.17) is 9.47 Å². The average Bonchev–Trinajstić information content (AvgIpc) is 2.97. The third-order valence-corrected chi connectivity index (χ3v) is 3.26. The number of anilines is 2. The van der Waals surface area contributed by atoms with Crippen molar-refractivity contribution in [1.29, 1.82) is 0 Å². The predicted molar refractivity (Wildman–Crippen MR) is 80.7 cm³/mol. The van der Waals surface area contributed by atoms with Crippen LogP contribution >= 0.6 is 0 Å². The van der Waals surface area contributed by atoms with Crippen LogP contribution in [0.3, 0.4) is 0 Å². The number of amides is 1. The first-order valence-corrected chi connectivity index (χ1v) is 6.84. The summed E-state index contributed by atoms with van der Waals surface area (Å²) in [6.45, 7) is 1.92. The Balaban J connectivity index is 1.62. The quantitative estimate of drug-likeness (QED) is 0.911. The molecule has 0 saturated carbocycles. The third-order valence-electron chi connectivity index (χ3n) is 3.26. The average molecular weight is 302 g/mol. The fraction of sp³-hybridized carbons (Fsp3) is 0.188. The number of rotatable bonds is 4. The topological polar surface area (TPSA) is 59.6 Å². The zero-order valence-electron chi connectivity index (χ0n) is 11.9. The number of hydrogen-bond donors (Lipinski definition) is 2. The van der Waals surface area contributed by atoms with Crippen LogP contribution < -0.4 is 20.1 Å². The Morgan fingerprint density at radius 3 is 2.55 bits per heavy atom. The second-order valence-electron chi connectivity index (χ2n) is 4.93. The van der Waals surface area contributed by atoms with Crippen molar-refractivity contribution in [3.8, 4) is 11.5 Å². The first-order chi connectivity index (χ1) is 10.6. The highest BCUT2D eigenvalue weighted by molar-refractivity contribution is 5.96. The summed E-state index contributed by atoms with van der Waals surface area (Å²) < 4.78 is 23.3. The highest BCUT2D eigenvalue weighted by Crippen LogP contribution is 2.34. The molecule has 114 valence electrons. The maximum atomic E-state index is 12.9. The zero-order chi connectivity index (χ0) is 15.5. The molecule has 0 radical (unpaired) electrons. The second-order valence-corrected chi connectivity index (χ2v) is 4.93. The van der Waals surface area contributed by atoms with Gasteiger partial charge in [-0.2, -0.15) is 0 Å². The Kier molecular flexibility index (Phi) is 3.82. The lowest BCUT2D eigenvalue weighted by atomic mass is 10.2. The van der Waals surface area contributed by atoms with E-state index in [1.165, 1.54) is 12.1 Å². The third kappa shape index (κ3) is 3.11. The SMILES string of the molecule is CC(Nc1ccc(F)cc1)C(=O)Nc1ccc2c(c1)OCO2. The van der Waals surface area contributed by atoms with Crippen molar-refractivity contribution >= 4 is 17.3 Å². The van der Waals surface area contributed by atoms with Gasteiger partial charge in [-0.15, -0.1) is 0 Å². The number of halogens is 1. The van der Waals surface area contributed by atoms with Gasteiger partial charge in [0, 0.05) is 17.4 Å². The minimum atomic E-state index is -0.476. The van der Waals surface area contributed by atoms with Crippen LogP contribution in [0.1, 0.15) is 6.92 Å². The standard InChI is InChI=1S/C16H15FN2O3/c1-10(18-12-4-2-11(17)3-5-12)16(20)19-13-6-7-14-15(8-13)22-9-21-14/h2-8,10,18H,9H2,1H3,(H,19,20). The van der Waals surface area contributed by atoms with Gasteiger partial charge >= 0.3 is 0 Å². The lowest BCUT2D eigenvalue weighted by molar-refractivity contribution is -0.116. The number of hydrogen-bond acceptors (Lipinski definition) is 4. The van der Waals surface area contributed by atoms with Crippen molar-refractivity contribution in [2.45, 2.75) is 13.0 Å². The summed E-state index contributed by atoms with van der Waals surface area (Å²) in [5, 5.41) is 5.80. The van der Waals surface area contributed by atoms with Gasteiger partial charge in [-0.25, -0.2) is 4.39 Å². The van der Waals surface area contributed by atoms with E-state index in [0.717, 1.165) is 0 Å². The molecule has 2 N–H and O–H groups in total. The fourth-order valence-corrected chi connectivity index (χ4v) is 2.09. The molecule has 5 nitrogen and oxygen atoms in total. The smallest absolute Gasteiger partial charge is 0.246 e. The number of carbonyl (C=O) groups is 1. The number of benzene rings is 2. The van der Waals surface area contributed by atoms with Crippen LogP contribution in [0.5, 0.6) is 11.5 Å². The molecule has 1 aliphatic heterocycles. The van der Waals surface area contributed by atoms with Gasteiger partial charge in [-0.3, -0.25) is 4.79 Å². The summed E-state index contributed by atoms with van der Waals surface area (Å²) in [4.78, 5) is 12.2. The molecule has 0 aromatic heterocycles. The lowest BCUT2D eigenvalue weighted by Gasteiger charge is -2.15. The van der Waals surface area contributed by atoms with Gasteiger partial charge in [0.2, 0.25) is 12.7 Å². The van der Waals surface area contributed by atoms with Crippen LogP contribution in [0.4, 0.5) is 15.8 Å². The molecule has 22 heavy (non-hydrogen) atoms. The molecule has 1 aliphatic rings. The molecule has 1 unspecified atom stereocenters. The molecule has 0 fully saturated rings. The molecule has 6 heteroatoms. The molecule has 0 saturated heterocycles. The van der Waals surface area contributed by atoms with Crippen LogP contribution in [-0.2, 0) is 4.79 Å². The van der Waals surface area contributed by atoms with Crippen LogP contribution in [0.2, 0.25) is 0 Å². The minimum Gasteiger partial charge on any atom is -0.454 e. The van der Waals surface area contributed by atoms with Gasteiger partial charge in [0.15, 0.2) is 11.5 Å². The maximum absolute atomic E-state index is 12.9.